The minimum atomic E-state index is -0.381. The SMILES string of the molecule is Nc1ccc(OC2CCNCC2)c(F)c1. The van der Waals surface area contributed by atoms with E-state index in [9.17, 15) is 4.39 Å². The van der Waals surface area contributed by atoms with Gasteiger partial charge in [0.05, 0.1) is 0 Å². The van der Waals surface area contributed by atoms with Gasteiger partial charge >= 0.3 is 0 Å². The highest BCUT2D eigenvalue weighted by Gasteiger charge is 2.16. The lowest BCUT2D eigenvalue weighted by molar-refractivity contribution is 0.156. The van der Waals surface area contributed by atoms with Crippen molar-refractivity contribution in [2.45, 2.75) is 18.9 Å². The van der Waals surface area contributed by atoms with Crippen molar-refractivity contribution in [3.63, 3.8) is 0 Å². The van der Waals surface area contributed by atoms with Crippen LogP contribution >= 0.6 is 0 Å². The number of ether oxygens (including phenoxy) is 1. The standard InChI is InChI=1S/C11H15FN2O/c12-10-7-8(13)1-2-11(10)15-9-3-5-14-6-4-9/h1-2,7,9,14H,3-6,13H2. The van der Waals surface area contributed by atoms with E-state index < -0.39 is 0 Å². The lowest BCUT2D eigenvalue weighted by Gasteiger charge is -2.24. The summed E-state index contributed by atoms with van der Waals surface area (Å²) in [5.41, 5.74) is 5.88. The molecule has 4 heteroatoms. The van der Waals surface area contributed by atoms with Crippen molar-refractivity contribution < 1.29 is 9.13 Å². The molecule has 1 fully saturated rings. The second-order valence-corrected chi connectivity index (χ2v) is 3.76. The fourth-order valence-electron chi connectivity index (χ4n) is 1.71. The van der Waals surface area contributed by atoms with Crippen LogP contribution in [0.2, 0.25) is 0 Å². The second kappa shape index (κ2) is 4.49. The number of rotatable bonds is 2. The molecule has 3 nitrogen and oxygen atoms in total. The van der Waals surface area contributed by atoms with E-state index in [2.05, 4.69) is 5.32 Å². The Hall–Kier alpha value is -1.29. The summed E-state index contributed by atoms with van der Waals surface area (Å²) in [5, 5.41) is 3.23. The third-order valence-corrected chi connectivity index (χ3v) is 2.54. The first-order valence-corrected chi connectivity index (χ1v) is 5.18. The molecule has 0 aromatic heterocycles. The topological polar surface area (TPSA) is 47.3 Å². The molecule has 82 valence electrons. The number of nitrogens with one attached hydrogen (secondary N) is 1. The van der Waals surface area contributed by atoms with Gasteiger partial charge in [0.25, 0.3) is 0 Å². The first-order valence-electron chi connectivity index (χ1n) is 5.18. The van der Waals surface area contributed by atoms with Gasteiger partial charge in [0.1, 0.15) is 6.10 Å². The fourth-order valence-corrected chi connectivity index (χ4v) is 1.71. The second-order valence-electron chi connectivity index (χ2n) is 3.76. The van der Waals surface area contributed by atoms with Crippen molar-refractivity contribution in [1.82, 2.24) is 5.32 Å². The van der Waals surface area contributed by atoms with Crippen LogP contribution in [0, 0.1) is 5.82 Å². The van der Waals surface area contributed by atoms with Gasteiger partial charge in [0, 0.05) is 11.8 Å². The lowest BCUT2D eigenvalue weighted by Crippen LogP contribution is -2.34. The zero-order valence-electron chi connectivity index (χ0n) is 8.50. The Bertz CT molecular complexity index is 337. The minimum Gasteiger partial charge on any atom is -0.487 e. The van der Waals surface area contributed by atoms with E-state index in [4.69, 9.17) is 10.5 Å². The van der Waals surface area contributed by atoms with Crippen molar-refractivity contribution in [2.24, 2.45) is 0 Å². The van der Waals surface area contributed by atoms with Crippen LogP contribution in [0.1, 0.15) is 12.8 Å². The largest absolute Gasteiger partial charge is 0.487 e. The van der Waals surface area contributed by atoms with Crippen molar-refractivity contribution in [2.75, 3.05) is 18.8 Å². The number of anilines is 1. The first kappa shape index (κ1) is 10.2. The van der Waals surface area contributed by atoms with E-state index in [0.29, 0.717) is 11.4 Å². The van der Waals surface area contributed by atoms with Crippen LogP contribution in [0.3, 0.4) is 0 Å². The molecule has 1 aliphatic heterocycles. The number of hydrogen-bond donors (Lipinski definition) is 2. The van der Waals surface area contributed by atoms with Gasteiger partial charge in [-0.25, -0.2) is 4.39 Å². The quantitative estimate of drug-likeness (QED) is 0.728. The van der Waals surface area contributed by atoms with Gasteiger partial charge in [-0.2, -0.15) is 0 Å². The van der Waals surface area contributed by atoms with Gasteiger partial charge in [-0.05, 0) is 38.1 Å². The summed E-state index contributed by atoms with van der Waals surface area (Å²) in [6, 6.07) is 4.53. The molecular formula is C11H15FN2O. The fraction of sp³-hybridized carbons (Fsp3) is 0.455. The number of nitrogen functional groups attached to an aromatic ring is 1. The Morgan fingerprint density at radius 1 is 1.33 bits per heavy atom. The molecule has 3 N–H and O–H groups in total. The minimum absolute atomic E-state index is 0.115. The van der Waals surface area contributed by atoms with Gasteiger partial charge in [-0.3, -0.25) is 0 Å². The molecule has 1 heterocycles. The monoisotopic (exact) mass is 210 g/mol. The van der Waals surface area contributed by atoms with Gasteiger partial charge in [-0.1, -0.05) is 0 Å². The predicted octanol–water partition coefficient (Wildman–Crippen LogP) is 1.54. The third-order valence-electron chi connectivity index (χ3n) is 2.54. The molecule has 0 unspecified atom stereocenters. The van der Waals surface area contributed by atoms with Gasteiger partial charge < -0.3 is 15.8 Å². The molecule has 0 spiro atoms. The number of hydrogen-bond acceptors (Lipinski definition) is 3. The van der Waals surface area contributed by atoms with Gasteiger partial charge in [0.2, 0.25) is 0 Å². The lowest BCUT2D eigenvalue weighted by atomic mass is 10.1. The predicted molar refractivity (Wildman–Crippen MR) is 57.3 cm³/mol. The van der Waals surface area contributed by atoms with Crippen molar-refractivity contribution in [1.29, 1.82) is 0 Å². The van der Waals surface area contributed by atoms with Crippen LogP contribution in [-0.2, 0) is 0 Å². The van der Waals surface area contributed by atoms with Crippen LogP contribution < -0.4 is 15.8 Å². The number of halogens is 1. The molecule has 1 aliphatic rings. The summed E-state index contributed by atoms with van der Waals surface area (Å²) in [6.07, 6.45) is 1.96. The van der Waals surface area contributed by atoms with Crippen molar-refractivity contribution in [3.05, 3.63) is 24.0 Å². The molecule has 0 aliphatic carbocycles. The molecular weight excluding hydrogens is 195 g/mol. The van der Waals surface area contributed by atoms with Gasteiger partial charge in [0.15, 0.2) is 11.6 Å². The van der Waals surface area contributed by atoms with E-state index in [0.717, 1.165) is 25.9 Å². The summed E-state index contributed by atoms with van der Waals surface area (Å²) >= 11 is 0. The maximum atomic E-state index is 13.4. The maximum Gasteiger partial charge on any atom is 0.167 e. The van der Waals surface area contributed by atoms with Crippen LogP contribution in [0.25, 0.3) is 0 Å². The molecule has 2 rings (SSSR count). The van der Waals surface area contributed by atoms with Crippen molar-refractivity contribution in [3.8, 4) is 5.75 Å². The number of nitrogens with two attached hydrogens (primary N) is 1. The molecule has 1 aromatic rings. The normalized spacial score (nSPS) is 17.7. The van der Waals surface area contributed by atoms with Crippen LogP contribution in [0.5, 0.6) is 5.75 Å². The van der Waals surface area contributed by atoms with Crippen LogP contribution in [0.15, 0.2) is 18.2 Å². The van der Waals surface area contributed by atoms with Crippen LogP contribution in [-0.4, -0.2) is 19.2 Å². The van der Waals surface area contributed by atoms with Gasteiger partial charge in [-0.15, -0.1) is 0 Å². The zero-order valence-corrected chi connectivity index (χ0v) is 8.50. The Kier molecular flexibility index (Phi) is 3.06. The molecule has 0 radical (unpaired) electrons. The Labute approximate surface area is 88.4 Å². The molecule has 1 aromatic carbocycles. The average molecular weight is 210 g/mol. The third kappa shape index (κ3) is 2.59. The summed E-state index contributed by atoms with van der Waals surface area (Å²) in [6.45, 7) is 1.86. The number of benzene rings is 1. The molecule has 0 amide bonds. The Morgan fingerprint density at radius 2 is 2.07 bits per heavy atom. The Morgan fingerprint density at radius 3 is 2.73 bits per heavy atom. The Balaban J connectivity index is 2.03. The molecule has 15 heavy (non-hydrogen) atoms. The molecule has 1 saturated heterocycles. The maximum absolute atomic E-state index is 13.4. The molecule has 0 bridgehead atoms. The number of piperidine rings is 1. The van der Waals surface area contributed by atoms with E-state index in [1.165, 1.54) is 6.07 Å². The summed E-state index contributed by atoms with van der Waals surface area (Å²) in [7, 11) is 0. The zero-order chi connectivity index (χ0) is 10.7. The summed E-state index contributed by atoms with van der Waals surface area (Å²) in [5.74, 6) is -0.0790. The smallest absolute Gasteiger partial charge is 0.167 e. The summed E-state index contributed by atoms with van der Waals surface area (Å²) in [4.78, 5) is 0. The first-order chi connectivity index (χ1) is 7.25. The van der Waals surface area contributed by atoms with E-state index in [-0.39, 0.29) is 11.9 Å². The van der Waals surface area contributed by atoms with E-state index in [1.54, 1.807) is 12.1 Å². The highest BCUT2D eigenvalue weighted by molar-refractivity contribution is 5.42. The highest BCUT2D eigenvalue weighted by atomic mass is 19.1. The van der Waals surface area contributed by atoms with Crippen LogP contribution in [0.4, 0.5) is 10.1 Å². The molecule has 0 saturated carbocycles. The average Bonchev–Trinajstić information content (AvgIpc) is 2.24. The van der Waals surface area contributed by atoms with E-state index >= 15 is 0 Å². The van der Waals surface area contributed by atoms with E-state index in [1.807, 2.05) is 0 Å². The molecule has 0 atom stereocenters. The summed E-state index contributed by atoms with van der Waals surface area (Å²) < 4.78 is 19.0. The highest BCUT2D eigenvalue weighted by Crippen LogP contribution is 2.22. The van der Waals surface area contributed by atoms with Crippen molar-refractivity contribution >= 4 is 5.69 Å².